The molecule has 0 radical (unpaired) electrons. The molecular weight excluding hydrogens is 168 g/mol. The summed E-state index contributed by atoms with van der Waals surface area (Å²) in [5.74, 6) is 0. The molecule has 0 aromatic rings. The van der Waals surface area contributed by atoms with Gasteiger partial charge in [-0.25, -0.2) is 0 Å². The molecule has 1 N–H and O–H groups in total. The number of rotatable bonds is 3. The van der Waals surface area contributed by atoms with Gasteiger partial charge in [0, 0.05) is 18.6 Å². The Kier molecular flexibility index (Phi) is 3.09. The van der Waals surface area contributed by atoms with Crippen LogP contribution in [0.3, 0.4) is 0 Å². The van der Waals surface area contributed by atoms with Crippen LogP contribution in [0.4, 0.5) is 0 Å². The summed E-state index contributed by atoms with van der Waals surface area (Å²) < 4.78 is 5.20. The third-order valence-electron chi connectivity index (χ3n) is 2.52. The van der Waals surface area contributed by atoms with Crippen molar-refractivity contribution >= 4 is 6.29 Å². The van der Waals surface area contributed by atoms with Crippen LogP contribution in [0.25, 0.3) is 0 Å². The van der Waals surface area contributed by atoms with Crippen LogP contribution in [0.5, 0.6) is 0 Å². The molecule has 0 atom stereocenters. The highest BCUT2D eigenvalue weighted by atomic mass is 16.5. The number of carbonyl (C=O) groups excluding carboxylic acids is 1. The van der Waals surface area contributed by atoms with E-state index in [1.165, 1.54) is 0 Å². The van der Waals surface area contributed by atoms with Crippen molar-refractivity contribution in [1.82, 2.24) is 0 Å². The smallest absolute Gasteiger partial charge is 0.126 e. The van der Waals surface area contributed by atoms with Gasteiger partial charge in [0.25, 0.3) is 0 Å². The Labute approximate surface area is 79.1 Å². The summed E-state index contributed by atoms with van der Waals surface area (Å²) >= 11 is 0. The van der Waals surface area contributed by atoms with Crippen LogP contribution in [0.2, 0.25) is 0 Å². The number of ether oxygens (including phenoxy) is 1. The van der Waals surface area contributed by atoms with E-state index in [-0.39, 0.29) is 5.41 Å². The maximum atomic E-state index is 11.0. The normalized spacial score (nSPS) is 22.7. The summed E-state index contributed by atoms with van der Waals surface area (Å²) in [5, 5.41) is 9.67. The molecule has 3 nitrogen and oxygen atoms in total. The molecule has 0 aliphatic carbocycles. The van der Waals surface area contributed by atoms with Gasteiger partial charge < -0.3 is 14.6 Å². The highest BCUT2D eigenvalue weighted by Gasteiger charge is 2.36. The average molecular weight is 186 g/mol. The second kappa shape index (κ2) is 3.76. The van der Waals surface area contributed by atoms with Gasteiger partial charge in [0.2, 0.25) is 0 Å². The Balaban J connectivity index is 2.63. The fraction of sp³-hybridized carbons (Fsp3) is 0.900. The summed E-state index contributed by atoms with van der Waals surface area (Å²) in [6.45, 7) is 4.76. The van der Waals surface area contributed by atoms with Gasteiger partial charge >= 0.3 is 0 Å². The highest BCUT2D eigenvalue weighted by molar-refractivity contribution is 5.59. The van der Waals surface area contributed by atoms with Crippen molar-refractivity contribution < 1.29 is 14.6 Å². The Hall–Kier alpha value is -0.410. The largest absolute Gasteiger partial charge is 0.390 e. The first-order valence-corrected chi connectivity index (χ1v) is 4.74. The first-order valence-electron chi connectivity index (χ1n) is 4.74. The maximum absolute atomic E-state index is 11.0. The average Bonchev–Trinajstić information content (AvgIpc) is 2.03. The Bertz CT molecular complexity index is 175. The first kappa shape index (κ1) is 10.7. The molecule has 0 aromatic heterocycles. The molecule has 1 fully saturated rings. The van der Waals surface area contributed by atoms with Crippen molar-refractivity contribution in [2.24, 2.45) is 5.41 Å². The molecule has 0 bridgehead atoms. The summed E-state index contributed by atoms with van der Waals surface area (Å²) in [7, 11) is 0. The van der Waals surface area contributed by atoms with E-state index in [4.69, 9.17) is 4.74 Å². The third kappa shape index (κ3) is 3.08. The Morgan fingerprint density at radius 1 is 1.46 bits per heavy atom. The predicted molar refractivity (Wildman–Crippen MR) is 49.5 cm³/mol. The van der Waals surface area contributed by atoms with Gasteiger partial charge in [0.15, 0.2) is 0 Å². The minimum atomic E-state index is -0.766. The van der Waals surface area contributed by atoms with Crippen molar-refractivity contribution in [1.29, 1.82) is 0 Å². The molecule has 1 aliphatic heterocycles. The second-order valence-corrected chi connectivity index (χ2v) is 4.58. The molecule has 1 aliphatic rings. The summed E-state index contributed by atoms with van der Waals surface area (Å²) in [4.78, 5) is 11.0. The lowest BCUT2D eigenvalue weighted by atomic mass is 9.74. The summed E-state index contributed by atoms with van der Waals surface area (Å²) in [5.41, 5.74) is -1.12. The van der Waals surface area contributed by atoms with E-state index < -0.39 is 5.60 Å². The van der Waals surface area contributed by atoms with Crippen molar-refractivity contribution in [3.63, 3.8) is 0 Å². The van der Waals surface area contributed by atoms with E-state index in [1.807, 2.05) is 0 Å². The zero-order valence-electron chi connectivity index (χ0n) is 8.38. The Morgan fingerprint density at radius 3 is 2.38 bits per heavy atom. The molecule has 0 saturated carbocycles. The van der Waals surface area contributed by atoms with E-state index in [1.54, 1.807) is 13.8 Å². The van der Waals surface area contributed by atoms with Gasteiger partial charge in [-0.15, -0.1) is 0 Å². The second-order valence-electron chi connectivity index (χ2n) is 4.58. The minimum absolute atomic E-state index is 0.351. The van der Waals surface area contributed by atoms with Gasteiger partial charge in [-0.1, -0.05) is 0 Å². The molecule has 0 spiro atoms. The molecule has 3 heteroatoms. The first-order chi connectivity index (χ1) is 5.97. The van der Waals surface area contributed by atoms with Crippen LogP contribution in [-0.4, -0.2) is 30.2 Å². The molecule has 0 unspecified atom stereocenters. The minimum Gasteiger partial charge on any atom is -0.390 e. The third-order valence-corrected chi connectivity index (χ3v) is 2.52. The zero-order valence-corrected chi connectivity index (χ0v) is 8.38. The fourth-order valence-corrected chi connectivity index (χ4v) is 1.98. The monoisotopic (exact) mass is 186 g/mol. The van der Waals surface area contributed by atoms with E-state index in [9.17, 15) is 9.90 Å². The van der Waals surface area contributed by atoms with Crippen molar-refractivity contribution in [3.05, 3.63) is 0 Å². The van der Waals surface area contributed by atoms with Gasteiger partial charge in [0.1, 0.15) is 6.29 Å². The standard InChI is InChI=1S/C10H18O3/c1-9(2,12)7-10(8-11)3-5-13-6-4-10/h8,12H,3-7H2,1-2H3. The number of hydrogen-bond donors (Lipinski definition) is 1. The molecule has 0 amide bonds. The SMILES string of the molecule is CC(C)(O)CC1(C=O)CCOCC1. The molecular formula is C10H18O3. The lowest BCUT2D eigenvalue weighted by Crippen LogP contribution is -2.38. The van der Waals surface area contributed by atoms with E-state index in [0.717, 1.165) is 19.1 Å². The molecule has 76 valence electrons. The van der Waals surface area contributed by atoms with E-state index >= 15 is 0 Å². The van der Waals surface area contributed by atoms with Crippen molar-refractivity contribution in [2.75, 3.05) is 13.2 Å². The lowest BCUT2D eigenvalue weighted by molar-refractivity contribution is -0.126. The van der Waals surface area contributed by atoms with Gasteiger partial charge in [-0.05, 0) is 33.1 Å². The van der Waals surface area contributed by atoms with Crippen LogP contribution < -0.4 is 0 Å². The van der Waals surface area contributed by atoms with Crippen molar-refractivity contribution in [3.8, 4) is 0 Å². The maximum Gasteiger partial charge on any atom is 0.126 e. The fourth-order valence-electron chi connectivity index (χ4n) is 1.98. The van der Waals surface area contributed by atoms with Crippen LogP contribution in [0.1, 0.15) is 33.1 Å². The van der Waals surface area contributed by atoms with Gasteiger partial charge in [0.05, 0.1) is 5.60 Å². The predicted octanol–water partition coefficient (Wildman–Crippen LogP) is 1.14. The van der Waals surface area contributed by atoms with Crippen LogP contribution >= 0.6 is 0 Å². The zero-order chi connectivity index (χ0) is 9.95. The van der Waals surface area contributed by atoms with E-state index in [2.05, 4.69) is 0 Å². The van der Waals surface area contributed by atoms with E-state index in [0.29, 0.717) is 19.6 Å². The van der Waals surface area contributed by atoms with Gasteiger partial charge in [-0.3, -0.25) is 0 Å². The van der Waals surface area contributed by atoms with Crippen LogP contribution in [0, 0.1) is 5.41 Å². The van der Waals surface area contributed by atoms with Crippen molar-refractivity contribution in [2.45, 2.75) is 38.7 Å². The number of carbonyl (C=O) groups is 1. The molecule has 0 aromatic carbocycles. The van der Waals surface area contributed by atoms with Crippen LogP contribution in [-0.2, 0) is 9.53 Å². The molecule has 1 heterocycles. The Morgan fingerprint density at radius 2 is 2.00 bits per heavy atom. The molecule has 13 heavy (non-hydrogen) atoms. The quantitative estimate of drug-likeness (QED) is 0.672. The summed E-state index contributed by atoms with van der Waals surface area (Å²) in [6.07, 6.45) is 3.00. The number of aliphatic hydroxyl groups is 1. The lowest BCUT2D eigenvalue weighted by Gasteiger charge is -2.36. The summed E-state index contributed by atoms with van der Waals surface area (Å²) in [6, 6.07) is 0. The highest BCUT2D eigenvalue weighted by Crippen LogP contribution is 2.36. The number of aldehydes is 1. The van der Waals surface area contributed by atoms with Gasteiger partial charge in [-0.2, -0.15) is 0 Å². The van der Waals surface area contributed by atoms with Crippen LogP contribution in [0.15, 0.2) is 0 Å². The molecule has 1 rings (SSSR count). The number of hydrogen-bond acceptors (Lipinski definition) is 3. The topological polar surface area (TPSA) is 46.5 Å². The molecule has 1 saturated heterocycles.